The highest BCUT2D eigenvalue weighted by atomic mass is 16.2. The van der Waals surface area contributed by atoms with Crippen molar-refractivity contribution in [1.82, 2.24) is 0 Å². The van der Waals surface area contributed by atoms with Crippen LogP contribution < -0.4 is 0 Å². The third-order valence-electron chi connectivity index (χ3n) is 3.57. The lowest BCUT2D eigenvalue weighted by atomic mass is 9.84. The van der Waals surface area contributed by atoms with Crippen LogP contribution in [0.4, 0.5) is 0 Å². The summed E-state index contributed by atoms with van der Waals surface area (Å²) in [7, 11) is 0. The SMILES string of the molecule is CC(=O)C(=O)c1ccc(C2CCCCC2)cc1. The van der Waals surface area contributed by atoms with Crippen molar-refractivity contribution in [1.29, 1.82) is 0 Å². The second-order valence-corrected chi connectivity index (χ2v) is 4.84. The molecule has 1 aliphatic carbocycles. The minimum Gasteiger partial charge on any atom is -0.291 e. The van der Waals surface area contributed by atoms with Gasteiger partial charge in [-0.1, -0.05) is 43.5 Å². The first kappa shape index (κ1) is 12.0. The molecule has 1 aromatic carbocycles. The number of benzene rings is 1. The minimum absolute atomic E-state index is 0.389. The van der Waals surface area contributed by atoms with E-state index in [9.17, 15) is 9.59 Å². The quantitative estimate of drug-likeness (QED) is 0.588. The van der Waals surface area contributed by atoms with Gasteiger partial charge in [0.2, 0.25) is 5.78 Å². The van der Waals surface area contributed by atoms with Crippen LogP contribution in [0.15, 0.2) is 24.3 Å². The lowest BCUT2D eigenvalue weighted by molar-refractivity contribution is -0.113. The summed E-state index contributed by atoms with van der Waals surface area (Å²) in [6.07, 6.45) is 6.45. The predicted molar refractivity (Wildman–Crippen MR) is 67.3 cm³/mol. The number of rotatable bonds is 3. The molecule has 0 aliphatic heterocycles. The van der Waals surface area contributed by atoms with E-state index >= 15 is 0 Å². The zero-order chi connectivity index (χ0) is 12.3. The van der Waals surface area contributed by atoms with Crippen molar-refractivity contribution in [3.63, 3.8) is 0 Å². The van der Waals surface area contributed by atoms with Crippen LogP contribution in [0.5, 0.6) is 0 Å². The fourth-order valence-corrected chi connectivity index (χ4v) is 2.55. The van der Waals surface area contributed by atoms with E-state index in [4.69, 9.17) is 0 Å². The summed E-state index contributed by atoms with van der Waals surface area (Å²) in [6, 6.07) is 7.58. The average molecular weight is 230 g/mol. The highest BCUT2D eigenvalue weighted by Crippen LogP contribution is 2.32. The molecule has 0 spiro atoms. The van der Waals surface area contributed by atoms with E-state index in [-0.39, 0.29) is 5.78 Å². The number of carbonyl (C=O) groups is 2. The van der Waals surface area contributed by atoms with Crippen molar-refractivity contribution in [2.45, 2.75) is 44.9 Å². The molecule has 2 heteroatoms. The van der Waals surface area contributed by atoms with E-state index in [1.54, 1.807) is 12.1 Å². The molecule has 0 bridgehead atoms. The molecule has 0 N–H and O–H groups in total. The third-order valence-corrected chi connectivity index (χ3v) is 3.57. The Bertz CT molecular complexity index is 411. The molecule has 2 nitrogen and oxygen atoms in total. The molecule has 1 saturated carbocycles. The van der Waals surface area contributed by atoms with E-state index in [1.165, 1.54) is 44.6 Å². The van der Waals surface area contributed by atoms with Gasteiger partial charge in [-0.2, -0.15) is 0 Å². The number of Topliss-reactive ketones (excluding diaryl/α,β-unsaturated/α-hetero) is 2. The molecule has 1 aliphatic rings. The molecule has 0 aromatic heterocycles. The van der Waals surface area contributed by atoms with Gasteiger partial charge in [-0.3, -0.25) is 9.59 Å². The highest BCUT2D eigenvalue weighted by molar-refractivity contribution is 6.42. The molecule has 1 aromatic rings. The molecule has 1 fully saturated rings. The average Bonchev–Trinajstić information content (AvgIpc) is 2.39. The monoisotopic (exact) mass is 230 g/mol. The summed E-state index contributed by atoms with van der Waals surface area (Å²) >= 11 is 0. The topological polar surface area (TPSA) is 34.1 Å². The molecule has 0 atom stereocenters. The van der Waals surface area contributed by atoms with Gasteiger partial charge in [-0.15, -0.1) is 0 Å². The Labute approximate surface area is 102 Å². The first-order valence-electron chi connectivity index (χ1n) is 6.33. The fraction of sp³-hybridized carbons (Fsp3) is 0.467. The van der Waals surface area contributed by atoms with Crippen molar-refractivity contribution in [3.8, 4) is 0 Å². The molecular formula is C15H18O2. The van der Waals surface area contributed by atoms with Gasteiger partial charge < -0.3 is 0 Å². The van der Waals surface area contributed by atoms with Gasteiger partial charge in [-0.05, 0) is 24.3 Å². The molecular weight excluding hydrogens is 212 g/mol. The van der Waals surface area contributed by atoms with Gasteiger partial charge in [0.25, 0.3) is 0 Å². The molecule has 0 heterocycles. The Morgan fingerprint density at radius 3 is 2.12 bits per heavy atom. The summed E-state index contributed by atoms with van der Waals surface area (Å²) in [4.78, 5) is 22.5. The molecule has 90 valence electrons. The fourth-order valence-electron chi connectivity index (χ4n) is 2.55. The van der Waals surface area contributed by atoms with Crippen molar-refractivity contribution < 1.29 is 9.59 Å². The maximum Gasteiger partial charge on any atom is 0.228 e. The van der Waals surface area contributed by atoms with Gasteiger partial charge >= 0.3 is 0 Å². The second-order valence-electron chi connectivity index (χ2n) is 4.84. The third kappa shape index (κ3) is 2.82. The summed E-state index contributed by atoms with van der Waals surface area (Å²) in [5.41, 5.74) is 1.82. The number of carbonyl (C=O) groups excluding carboxylic acids is 2. The van der Waals surface area contributed by atoms with Crippen LogP contribution in [0.3, 0.4) is 0 Å². The van der Waals surface area contributed by atoms with Gasteiger partial charge in [0.15, 0.2) is 5.78 Å². The zero-order valence-corrected chi connectivity index (χ0v) is 10.2. The van der Waals surface area contributed by atoms with Crippen molar-refractivity contribution in [3.05, 3.63) is 35.4 Å². The van der Waals surface area contributed by atoms with Crippen LogP contribution in [0.2, 0.25) is 0 Å². The second kappa shape index (κ2) is 5.26. The maximum atomic E-state index is 11.5. The Kier molecular flexibility index (Phi) is 3.72. The normalized spacial score (nSPS) is 16.8. The van der Waals surface area contributed by atoms with Crippen molar-refractivity contribution in [2.75, 3.05) is 0 Å². The summed E-state index contributed by atoms with van der Waals surface area (Å²) in [6.45, 7) is 1.32. The predicted octanol–water partition coefficient (Wildman–Crippen LogP) is 3.51. The van der Waals surface area contributed by atoms with Gasteiger partial charge in [-0.25, -0.2) is 0 Å². The van der Waals surface area contributed by atoms with Crippen molar-refractivity contribution >= 4 is 11.6 Å². The van der Waals surface area contributed by atoms with Crippen LogP contribution in [0, 0.1) is 0 Å². The van der Waals surface area contributed by atoms with Crippen LogP contribution in [-0.4, -0.2) is 11.6 Å². The van der Waals surface area contributed by atoms with Crippen LogP contribution in [-0.2, 0) is 4.79 Å². The Morgan fingerprint density at radius 1 is 1.00 bits per heavy atom. The van der Waals surface area contributed by atoms with E-state index in [1.807, 2.05) is 12.1 Å². The molecule has 0 saturated heterocycles. The Balaban J connectivity index is 2.12. The number of hydrogen-bond acceptors (Lipinski definition) is 2. The Morgan fingerprint density at radius 2 is 1.59 bits per heavy atom. The lowest BCUT2D eigenvalue weighted by Gasteiger charge is -2.21. The molecule has 0 unspecified atom stereocenters. The van der Waals surface area contributed by atoms with E-state index in [0.29, 0.717) is 11.5 Å². The highest BCUT2D eigenvalue weighted by Gasteiger charge is 2.16. The van der Waals surface area contributed by atoms with Crippen LogP contribution in [0.1, 0.15) is 60.9 Å². The summed E-state index contributed by atoms with van der Waals surface area (Å²) in [5, 5.41) is 0. The standard InChI is InChI=1S/C15H18O2/c1-11(16)15(17)14-9-7-13(8-10-14)12-5-3-2-4-6-12/h7-10,12H,2-6H2,1H3. The molecule has 2 rings (SSSR count). The zero-order valence-electron chi connectivity index (χ0n) is 10.2. The maximum absolute atomic E-state index is 11.5. The first-order valence-corrected chi connectivity index (χ1v) is 6.33. The lowest BCUT2D eigenvalue weighted by Crippen LogP contribution is -2.10. The number of hydrogen-bond donors (Lipinski definition) is 0. The smallest absolute Gasteiger partial charge is 0.228 e. The molecule has 0 radical (unpaired) electrons. The summed E-state index contributed by atoms with van der Waals surface area (Å²) in [5.74, 6) is -0.138. The van der Waals surface area contributed by atoms with Gasteiger partial charge in [0.1, 0.15) is 0 Å². The summed E-state index contributed by atoms with van der Waals surface area (Å²) < 4.78 is 0. The number of ketones is 2. The van der Waals surface area contributed by atoms with E-state index in [2.05, 4.69) is 0 Å². The van der Waals surface area contributed by atoms with Gasteiger partial charge in [0.05, 0.1) is 0 Å². The minimum atomic E-state index is -0.393. The molecule has 0 amide bonds. The van der Waals surface area contributed by atoms with Crippen LogP contribution in [0.25, 0.3) is 0 Å². The van der Waals surface area contributed by atoms with E-state index in [0.717, 1.165) is 0 Å². The first-order chi connectivity index (χ1) is 8.18. The van der Waals surface area contributed by atoms with Crippen LogP contribution >= 0.6 is 0 Å². The van der Waals surface area contributed by atoms with E-state index < -0.39 is 5.78 Å². The Hall–Kier alpha value is -1.44. The largest absolute Gasteiger partial charge is 0.291 e. The van der Waals surface area contributed by atoms with Crippen molar-refractivity contribution in [2.24, 2.45) is 0 Å². The molecule has 17 heavy (non-hydrogen) atoms. The van der Waals surface area contributed by atoms with Gasteiger partial charge in [0, 0.05) is 12.5 Å².